The molecule has 6 nitrogen and oxygen atoms in total. The number of rotatable bonds is 3. The number of nitrogens with zero attached hydrogens (tertiary/aromatic N) is 5. The molecule has 0 aromatic carbocycles. The molecule has 1 aliphatic rings. The molecule has 0 aromatic rings. The summed E-state index contributed by atoms with van der Waals surface area (Å²) in [5.41, 5.74) is 0. The minimum atomic E-state index is -4.55. The van der Waals surface area contributed by atoms with Gasteiger partial charge in [0.1, 0.15) is 6.04 Å². The van der Waals surface area contributed by atoms with Gasteiger partial charge in [-0.25, -0.2) is 0 Å². The van der Waals surface area contributed by atoms with E-state index >= 15 is 0 Å². The van der Waals surface area contributed by atoms with Gasteiger partial charge in [0, 0.05) is 6.54 Å². The van der Waals surface area contributed by atoms with Crippen molar-refractivity contribution in [2.24, 2.45) is 0 Å². The molecule has 19 heavy (non-hydrogen) atoms. The van der Waals surface area contributed by atoms with Gasteiger partial charge >= 0.3 is 6.18 Å². The average molecular weight is 272 g/mol. The number of nitrogens with one attached hydrogen (secondary N) is 1. The molecular formula is C10H11F3N6. The van der Waals surface area contributed by atoms with E-state index in [1.807, 2.05) is 6.07 Å². The van der Waals surface area contributed by atoms with E-state index in [2.05, 4.69) is 5.32 Å². The lowest BCUT2D eigenvalue weighted by atomic mass is 10.0. The fourth-order valence-electron chi connectivity index (χ4n) is 2.13. The van der Waals surface area contributed by atoms with Crippen LogP contribution in [-0.4, -0.2) is 54.4 Å². The third-order valence-electron chi connectivity index (χ3n) is 2.76. The Morgan fingerprint density at radius 3 is 2.26 bits per heavy atom. The molecule has 102 valence electrons. The first kappa shape index (κ1) is 15.0. The topological polar surface area (TPSA) is 89.9 Å². The van der Waals surface area contributed by atoms with Crippen LogP contribution in [0.4, 0.5) is 13.2 Å². The van der Waals surface area contributed by atoms with Crippen LogP contribution < -0.4 is 5.32 Å². The Bertz CT molecular complexity index is 403. The summed E-state index contributed by atoms with van der Waals surface area (Å²) >= 11 is 0. The molecule has 0 aliphatic carbocycles. The molecule has 1 saturated heterocycles. The maximum Gasteiger partial charge on any atom is 0.406 e. The third kappa shape index (κ3) is 3.72. The van der Waals surface area contributed by atoms with Crippen molar-refractivity contribution in [1.29, 1.82) is 15.8 Å². The van der Waals surface area contributed by atoms with E-state index in [1.165, 1.54) is 11.1 Å². The van der Waals surface area contributed by atoms with Crippen molar-refractivity contribution in [3.8, 4) is 18.3 Å². The summed E-state index contributed by atoms with van der Waals surface area (Å²) in [5.74, 6) is 0. The van der Waals surface area contributed by atoms with E-state index in [-0.39, 0.29) is 19.8 Å². The van der Waals surface area contributed by atoms with E-state index in [1.54, 1.807) is 6.07 Å². The van der Waals surface area contributed by atoms with Crippen LogP contribution in [0.25, 0.3) is 0 Å². The Morgan fingerprint density at radius 1 is 1.16 bits per heavy atom. The Balaban J connectivity index is 2.98. The predicted octanol–water partition coefficient (Wildman–Crippen LogP) is -0.0212. The molecule has 0 saturated carbocycles. The normalized spacial score (nSPS) is 25.1. The fraction of sp³-hybridized carbons (Fsp3) is 0.700. The highest BCUT2D eigenvalue weighted by atomic mass is 19.4. The van der Waals surface area contributed by atoms with E-state index in [0.717, 1.165) is 4.90 Å². The van der Waals surface area contributed by atoms with Crippen LogP contribution in [-0.2, 0) is 0 Å². The second-order valence-electron chi connectivity index (χ2n) is 4.07. The van der Waals surface area contributed by atoms with E-state index < -0.39 is 24.8 Å². The molecule has 2 atom stereocenters. The van der Waals surface area contributed by atoms with Gasteiger partial charge in [0.2, 0.25) is 0 Å². The van der Waals surface area contributed by atoms with Crippen molar-refractivity contribution >= 4 is 0 Å². The summed E-state index contributed by atoms with van der Waals surface area (Å²) in [6, 6.07) is 0.402. The van der Waals surface area contributed by atoms with Crippen molar-refractivity contribution < 1.29 is 13.2 Å². The number of hydrogen-bond acceptors (Lipinski definition) is 6. The van der Waals surface area contributed by atoms with Crippen LogP contribution in [0.2, 0.25) is 0 Å². The number of hydrogen-bond donors (Lipinski definition) is 1. The zero-order valence-corrected chi connectivity index (χ0v) is 9.85. The highest BCUT2D eigenvalue weighted by molar-refractivity contribution is 5.01. The number of nitriles is 3. The van der Waals surface area contributed by atoms with Crippen LogP contribution in [0.1, 0.15) is 0 Å². The Hall–Kier alpha value is -2.02. The van der Waals surface area contributed by atoms with Gasteiger partial charge in [-0.05, 0) is 0 Å². The summed E-state index contributed by atoms with van der Waals surface area (Å²) < 4.78 is 39.1. The lowest BCUT2D eigenvalue weighted by Gasteiger charge is -2.44. The van der Waals surface area contributed by atoms with Gasteiger partial charge in [0.05, 0.1) is 37.9 Å². The summed E-state index contributed by atoms with van der Waals surface area (Å²) in [6.07, 6.45) is -3.06. The van der Waals surface area contributed by atoms with Crippen molar-refractivity contribution in [3.05, 3.63) is 0 Å². The first-order chi connectivity index (χ1) is 8.93. The van der Waals surface area contributed by atoms with Crippen LogP contribution in [0, 0.1) is 34.1 Å². The molecule has 0 aromatic heterocycles. The lowest BCUT2D eigenvalue weighted by molar-refractivity contribution is -0.205. The molecule has 1 rings (SSSR count). The monoisotopic (exact) mass is 272 g/mol. The molecule has 0 bridgehead atoms. The lowest BCUT2D eigenvalue weighted by Crippen LogP contribution is -2.66. The average Bonchev–Trinajstić information content (AvgIpc) is 2.28. The predicted molar refractivity (Wildman–Crippen MR) is 56.8 cm³/mol. The minimum absolute atomic E-state index is 0.0594. The summed E-state index contributed by atoms with van der Waals surface area (Å²) in [5, 5.41) is 27.8. The van der Waals surface area contributed by atoms with Gasteiger partial charge in [-0.2, -0.15) is 29.0 Å². The Labute approximate surface area is 108 Å². The van der Waals surface area contributed by atoms with Gasteiger partial charge < -0.3 is 5.32 Å². The molecule has 2 unspecified atom stereocenters. The van der Waals surface area contributed by atoms with Crippen LogP contribution in [0.3, 0.4) is 0 Å². The highest BCUT2D eigenvalue weighted by Crippen LogP contribution is 2.30. The summed E-state index contributed by atoms with van der Waals surface area (Å²) in [4.78, 5) is 2.37. The first-order valence-electron chi connectivity index (χ1n) is 5.35. The summed E-state index contributed by atoms with van der Waals surface area (Å²) in [7, 11) is 0. The maximum atomic E-state index is 13.0. The molecule has 0 amide bonds. The minimum Gasteiger partial charge on any atom is -0.318 e. The molecule has 1 heterocycles. The van der Waals surface area contributed by atoms with Crippen LogP contribution >= 0.6 is 0 Å². The van der Waals surface area contributed by atoms with Gasteiger partial charge in [0.25, 0.3) is 0 Å². The number of halogens is 3. The molecule has 1 aliphatic heterocycles. The molecule has 0 radical (unpaired) electrons. The smallest absolute Gasteiger partial charge is 0.318 e. The molecule has 1 fully saturated rings. The zero-order chi connectivity index (χ0) is 14.5. The van der Waals surface area contributed by atoms with E-state index in [9.17, 15) is 13.2 Å². The first-order valence-corrected chi connectivity index (χ1v) is 5.35. The van der Waals surface area contributed by atoms with E-state index in [4.69, 9.17) is 15.8 Å². The van der Waals surface area contributed by atoms with Gasteiger partial charge in [-0.3, -0.25) is 9.80 Å². The van der Waals surface area contributed by atoms with E-state index in [0.29, 0.717) is 0 Å². The SMILES string of the molecule is N#CCN1CC(NC#N)C(C(F)(F)F)N(CC#N)C1. The Kier molecular flexibility index (Phi) is 4.94. The van der Waals surface area contributed by atoms with Crippen molar-refractivity contribution in [3.63, 3.8) is 0 Å². The molecule has 1 N–H and O–H groups in total. The standard InChI is InChI=1S/C10H11F3N6/c11-10(12,13)9-8(17-6-16)5-18(3-1-14)7-19(9)4-2-15/h8-9,17H,3-5,7H2. The fourth-order valence-corrected chi connectivity index (χ4v) is 2.13. The quantitative estimate of drug-likeness (QED) is 0.441. The molecular weight excluding hydrogens is 261 g/mol. The highest BCUT2D eigenvalue weighted by Gasteiger charge is 2.51. The third-order valence-corrected chi connectivity index (χ3v) is 2.76. The van der Waals surface area contributed by atoms with Crippen molar-refractivity contribution in [2.75, 3.05) is 26.3 Å². The maximum absolute atomic E-state index is 13.0. The van der Waals surface area contributed by atoms with Crippen LogP contribution in [0.15, 0.2) is 0 Å². The second-order valence-corrected chi connectivity index (χ2v) is 4.07. The largest absolute Gasteiger partial charge is 0.406 e. The second kappa shape index (κ2) is 6.24. The van der Waals surface area contributed by atoms with Crippen molar-refractivity contribution in [1.82, 2.24) is 15.1 Å². The molecule has 0 spiro atoms. The zero-order valence-electron chi connectivity index (χ0n) is 9.85. The van der Waals surface area contributed by atoms with Crippen LogP contribution in [0.5, 0.6) is 0 Å². The Morgan fingerprint density at radius 2 is 1.79 bits per heavy atom. The molecule has 9 heteroatoms. The number of alkyl halides is 3. The van der Waals surface area contributed by atoms with Gasteiger partial charge in [-0.15, -0.1) is 0 Å². The summed E-state index contributed by atoms with van der Waals surface area (Å²) in [6.45, 7) is -0.687. The van der Waals surface area contributed by atoms with Gasteiger partial charge in [0.15, 0.2) is 6.19 Å². The van der Waals surface area contributed by atoms with Gasteiger partial charge in [-0.1, -0.05) is 0 Å². The van der Waals surface area contributed by atoms with Crippen molar-refractivity contribution in [2.45, 2.75) is 18.3 Å².